The van der Waals surface area contributed by atoms with Crippen LogP contribution in [-0.2, 0) is 21.2 Å². The van der Waals surface area contributed by atoms with Gasteiger partial charge < -0.3 is 9.67 Å². The van der Waals surface area contributed by atoms with Crippen LogP contribution in [0.2, 0.25) is 0 Å². The quantitative estimate of drug-likeness (QED) is 0.785. The second-order valence-corrected chi connectivity index (χ2v) is 7.26. The highest BCUT2D eigenvalue weighted by Crippen LogP contribution is 2.12. The monoisotopic (exact) mass is 355 g/mol. The van der Waals surface area contributed by atoms with E-state index in [1.54, 1.807) is 4.57 Å². The van der Waals surface area contributed by atoms with Crippen LogP contribution >= 0.6 is 0 Å². The van der Waals surface area contributed by atoms with Crippen LogP contribution in [0.4, 0.5) is 4.39 Å². The summed E-state index contributed by atoms with van der Waals surface area (Å²) < 4.78 is 41.3. The molecule has 2 N–H and O–H groups in total. The lowest BCUT2D eigenvalue weighted by Crippen LogP contribution is -2.42. The molecule has 0 radical (unpaired) electrons. The van der Waals surface area contributed by atoms with Crippen molar-refractivity contribution in [2.45, 2.75) is 37.4 Å². The molecule has 1 atom stereocenters. The number of sulfonamides is 1. The van der Waals surface area contributed by atoms with Crippen LogP contribution in [0.15, 0.2) is 41.8 Å². The van der Waals surface area contributed by atoms with Gasteiger partial charge in [0.05, 0.1) is 6.33 Å². The van der Waals surface area contributed by atoms with Crippen LogP contribution in [0.5, 0.6) is 0 Å². The van der Waals surface area contributed by atoms with Crippen molar-refractivity contribution in [1.29, 1.82) is 0 Å². The highest BCUT2D eigenvalue weighted by molar-refractivity contribution is 7.89. The maximum atomic E-state index is 12.9. The maximum absolute atomic E-state index is 12.9. The summed E-state index contributed by atoms with van der Waals surface area (Å²) in [4.78, 5) is 15.2. The number of imidazole rings is 1. The zero-order chi connectivity index (χ0) is 17.9. The van der Waals surface area contributed by atoms with Gasteiger partial charge in [0.2, 0.25) is 0 Å². The molecule has 2 aromatic rings. The Balaban J connectivity index is 2.19. The van der Waals surface area contributed by atoms with E-state index in [2.05, 4.69) is 9.71 Å². The van der Waals surface area contributed by atoms with E-state index in [0.717, 1.165) is 0 Å². The molecule has 1 aromatic heterocycles. The van der Waals surface area contributed by atoms with Gasteiger partial charge in [0, 0.05) is 12.2 Å². The minimum absolute atomic E-state index is 0.0240. The molecule has 0 aliphatic heterocycles. The third kappa shape index (κ3) is 4.39. The van der Waals surface area contributed by atoms with Crippen LogP contribution in [0.1, 0.15) is 25.5 Å². The van der Waals surface area contributed by atoms with E-state index in [0.29, 0.717) is 5.56 Å². The second kappa shape index (κ2) is 7.10. The minimum atomic E-state index is -4.08. The van der Waals surface area contributed by atoms with Crippen molar-refractivity contribution in [3.63, 3.8) is 0 Å². The molecule has 0 fully saturated rings. The van der Waals surface area contributed by atoms with Crippen molar-refractivity contribution in [2.24, 2.45) is 0 Å². The smallest absolute Gasteiger partial charge is 0.322 e. The third-order valence-electron chi connectivity index (χ3n) is 3.40. The number of carboxylic acid groups (broad SMARTS) is 1. The van der Waals surface area contributed by atoms with Crippen LogP contribution in [-0.4, -0.2) is 35.1 Å². The van der Waals surface area contributed by atoms with Crippen molar-refractivity contribution in [1.82, 2.24) is 14.3 Å². The fraction of sp³-hybridized carbons (Fsp3) is 0.333. The molecule has 0 aliphatic carbocycles. The molecule has 0 spiro atoms. The summed E-state index contributed by atoms with van der Waals surface area (Å²) in [6.45, 7) is 3.72. The highest BCUT2D eigenvalue weighted by atomic mass is 32.2. The molecule has 0 saturated carbocycles. The molecule has 1 heterocycles. The first-order chi connectivity index (χ1) is 11.2. The SMILES string of the molecule is CC(C)n1cnc(S(=O)(=O)NC(Cc2ccc(F)cc2)C(=O)O)c1. The minimum Gasteiger partial charge on any atom is -0.480 e. The van der Waals surface area contributed by atoms with Gasteiger partial charge in [0.15, 0.2) is 5.03 Å². The first-order valence-corrected chi connectivity index (χ1v) is 8.70. The maximum Gasteiger partial charge on any atom is 0.322 e. The van der Waals surface area contributed by atoms with Gasteiger partial charge in [-0.2, -0.15) is 4.72 Å². The standard InChI is InChI=1S/C15H18FN3O4S/c1-10(2)19-8-14(17-9-19)24(22,23)18-13(15(20)21)7-11-3-5-12(16)6-4-11/h3-6,8-10,13,18H,7H2,1-2H3,(H,20,21). The van der Waals surface area contributed by atoms with Gasteiger partial charge in [-0.25, -0.2) is 17.8 Å². The number of nitrogens with one attached hydrogen (secondary N) is 1. The van der Waals surface area contributed by atoms with E-state index in [9.17, 15) is 22.7 Å². The molecule has 130 valence electrons. The largest absolute Gasteiger partial charge is 0.480 e. The van der Waals surface area contributed by atoms with Gasteiger partial charge in [-0.1, -0.05) is 12.1 Å². The summed E-state index contributed by atoms with van der Waals surface area (Å²) >= 11 is 0. The van der Waals surface area contributed by atoms with Crippen molar-refractivity contribution in [2.75, 3.05) is 0 Å². The summed E-state index contributed by atoms with van der Waals surface area (Å²) in [7, 11) is -4.08. The van der Waals surface area contributed by atoms with Gasteiger partial charge in [-0.05, 0) is 38.0 Å². The fourth-order valence-corrected chi connectivity index (χ4v) is 3.15. The van der Waals surface area contributed by atoms with Gasteiger partial charge in [0.1, 0.15) is 11.9 Å². The van der Waals surface area contributed by atoms with E-state index in [1.807, 2.05) is 13.8 Å². The van der Waals surface area contributed by atoms with Crippen LogP contribution in [0, 0.1) is 5.82 Å². The Morgan fingerprint density at radius 2 is 1.96 bits per heavy atom. The molecule has 2 rings (SSSR count). The molecule has 9 heteroatoms. The van der Waals surface area contributed by atoms with E-state index >= 15 is 0 Å². The van der Waals surface area contributed by atoms with Gasteiger partial charge >= 0.3 is 5.97 Å². The molecule has 1 aromatic carbocycles. The number of hydrogen-bond acceptors (Lipinski definition) is 4. The summed E-state index contributed by atoms with van der Waals surface area (Å²) in [6, 6.07) is 3.83. The molecule has 0 amide bonds. The van der Waals surface area contributed by atoms with Crippen LogP contribution < -0.4 is 4.72 Å². The number of nitrogens with zero attached hydrogens (tertiary/aromatic N) is 2. The van der Waals surface area contributed by atoms with E-state index < -0.39 is 27.9 Å². The van der Waals surface area contributed by atoms with Crippen molar-refractivity contribution < 1.29 is 22.7 Å². The molecule has 24 heavy (non-hydrogen) atoms. The van der Waals surface area contributed by atoms with Crippen LogP contribution in [0.3, 0.4) is 0 Å². The number of carboxylic acids is 1. The lowest BCUT2D eigenvalue weighted by atomic mass is 10.1. The molecular weight excluding hydrogens is 337 g/mol. The lowest BCUT2D eigenvalue weighted by molar-refractivity contribution is -0.138. The Morgan fingerprint density at radius 1 is 1.33 bits per heavy atom. The number of aliphatic carboxylic acids is 1. The summed E-state index contributed by atoms with van der Waals surface area (Å²) in [5.41, 5.74) is 0.499. The molecular formula is C15H18FN3O4S. The Bertz CT molecular complexity index is 815. The zero-order valence-electron chi connectivity index (χ0n) is 13.2. The number of halogens is 1. The Kier molecular flexibility index (Phi) is 5.35. The number of rotatable bonds is 7. The molecule has 7 nitrogen and oxygen atoms in total. The Hall–Kier alpha value is -2.26. The molecule has 1 unspecified atom stereocenters. The highest BCUT2D eigenvalue weighted by Gasteiger charge is 2.27. The summed E-state index contributed by atoms with van der Waals surface area (Å²) in [5.74, 6) is -1.78. The lowest BCUT2D eigenvalue weighted by Gasteiger charge is -2.14. The topological polar surface area (TPSA) is 101 Å². The number of hydrogen-bond donors (Lipinski definition) is 2. The van der Waals surface area contributed by atoms with Crippen molar-refractivity contribution in [3.8, 4) is 0 Å². The van der Waals surface area contributed by atoms with Crippen molar-refractivity contribution in [3.05, 3.63) is 48.2 Å². The average molecular weight is 355 g/mol. The van der Waals surface area contributed by atoms with Crippen molar-refractivity contribution >= 4 is 16.0 Å². The number of benzene rings is 1. The number of carbonyl (C=O) groups is 1. The predicted octanol–water partition coefficient (Wildman–Crippen LogP) is 1.58. The molecule has 0 bridgehead atoms. The molecule has 0 saturated heterocycles. The molecule has 0 aliphatic rings. The zero-order valence-corrected chi connectivity index (χ0v) is 14.0. The van der Waals surface area contributed by atoms with Gasteiger partial charge in [-0.3, -0.25) is 4.79 Å². The van der Waals surface area contributed by atoms with Gasteiger partial charge in [0.25, 0.3) is 10.0 Å². The Labute approximate surface area is 139 Å². The Morgan fingerprint density at radius 3 is 2.46 bits per heavy atom. The third-order valence-corrected chi connectivity index (χ3v) is 4.75. The number of aromatic nitrogens is 2. The van der Waals surface area contributed by atoms with E-state index in [4.69, 9.17) is 0 Å². The average Bonchev–Trinajstić information content (AvgIpc) is 2.99. The second-order valence-electron chi connectivity index (χ2n) is 5.60. The summed E-state index contributed by atoms with van der Waals surface area (Å²) in [5, 5.41) is 9.02. The van der Waals surface area contributed by atoms with Crippen LogP contribution in [0.25, 0.3) is 0 Å². The van der Waals surface area contributed by atoms with Gasteiger partial charge in [-0.15, -0.1) is 0 Å². The van der Waals surface area contributed by atoms with E-state index in [1.165, 1.54) is 36.8 Å². The van der Waals surface area contributed by atoms with E-state index in [-0.39, 0.29) is 17.5 Å². The first-order valence-electron chi connectivity index (χ1n) is 7.22. The summed E-state index contributed by atoms with van der Waals surface area (Å²) in [6.07, 6.45) is 2.60. The normalized spacial score (nSPS) is 13.2. The predicted molar refractivity (Wildman–Crippen MR) is 84.5 cm³/mol. The fourth-order valence-electron chi connectivity index (χ4n) is 2.02. The first kappa shape index (κ1) is 18.1.